The molecule has 180 valence electrons. The first-order valence-electron chi connectivity index (χ1n) is 11.2. The minimum absolute atomic E-state index is 0. The van der Waals surface area contributed by atoms with Gasteiger partial charge >= 0.3 is 0 Å². The van der Waals surface area contributed by atoms with Crippen molar-refractivity contribution in [2.75, 3.05) is 7.05 Å². The molecule has 6 heteroatoms. The van der Waals surface area contributed by atoms with E-state index in [0.717, 1.165) is 23.5 Å². The molecule has 33 heavy (non-hydrogen) atoms. The molecule has 1 aromatic heterocycles. The summed E-state index contributed by atoms with van der Waals surface area (Å²) in [6.07, 6.45) is 1.42. The molecule has 0 spiro atoms. The maximum absolute atomic E-state index is 12.4. The summed E-state index contributed by atoms with van der Waals surface area (Å²) >= 11 is 1.55. The first kappa shape index (κ1) is 28.5. The Morgan fingerprint density at radius 3 is 2.15 bits per heavy atom. The van der Waals surface area contributed by atoms with Gasteiger partial charge in [-0.15, -0.1) is 0 Å². The fraction of sp³-hybridized carbons (Fsp3) is 0.370. The SMILES string of the molecule is C.CC.CC.CNSc1ccc(COc2coc(CN3Cc4ccccc4C3)cc2=O)cc1. The zero-order chi connectivity index (χ0) is 23.3. The van der Waals surface area contributed by atoms with E-state index in [1.807, 2.05) is 59.0 Å². The molecule has 0 saturated heterocycles. The molecule has 0 atom stereocenters. The van der Waals surface area contributed by atoms with Crippen LogP contribution in [0.15, 0.2) is 75.0 Å². The van der Waals surface area contributed by atoms with Crippen LogP contribution in [0.2, 0.25) is 0 Å². The predicted molar refractivity (Wildman–Crippen MR) is 139 cm³/mol. The zero-order valence-corrected chi connectivity index (χ0v) is 20.5. The van der Waals surface area contributed by atoms with Crippen LogP contribution in [-0.4, -0.2) is 11.9 Å². The quantitative estimate of drug-likeness (QED) is 0.390. The highest BCUT2D eigenvalue weighted by molar-refractivity contribution is 7.97. The summed E-state index contributed by atoms with van der Waals surface area (Å²) in [5, 5.41) is 0. The van der Waals surface area contributed by atoms with E-state index in [1.165, 1.54) is 23.5 Å². The topological polar surface area (TPSA) is 54.7 Å². The molecule has 0 radical (unpaired) electrons. The van der Waals surface area contributed by atoms with Crippen LogP contribution in [0.3, 0.4) is 0 Å². The molecular formula is C27H38N2O3S. The number of ether oxygens (including phenoxy) is 1. The molecule has 1 aliphatic rings. The fourth-order valence-corrected chi connectivity index (χ4v) is 3.80. The van der Waals surface area contributed by atoms with Crippen LogP contribution in [0.5, 0.6) is 5.75 Å². The van der Waals surface area contributed by atoms with Gasteiger partial charge in [0.25, 0.3) is 0 Å². The van der Waals surface area contributed by atoms with Gasteiger partial charge < -0.3 is 9.15 Å². The van der Waals surface area contributed by atoms with Crippen molar-refractivity contribution in [3.05, 3.63) is 93.5 Å². The lowest BCUT2D eigenvalue weighted by molar-refractivity contribution is 0.241. The maximum atomic E-state index is 12.4. The summed E-state index contributed by atoms with van der Waals surface area (Å²) in [5.74, 6) is 0.890. The van der Waals surface area contributed by atoms with E-state index in [1.54, 1.807) is 11.9 Å². The second-order valence-corrected chi connectivity index (χ2v) is 7.81. The molecule has 0 fully saturated rings. The predicted octanol–water partition coefficient (Wildman–Crippen LogP) is 6.65. The van der Waals surface area contributed by atoms with Crippen molar-refractivity contribution in [1.82, 2.24) is 9.62 Å². The van der Waals surface area contributed by atoms with E-state index in [2.05, 4.69) is 33.9 Å². The third-order valence-electron chi connectivity index (χ3n) is 4.68. The van der Waals surface area contributed by atoms with Crippen LogP contribution in [0.25, 0.3) is 0 Å². The Hall–Kier alpha value is -2.54. The van der Waals surface area contributed by atoms with Crippen LogP contribution >= 0.6 is 11.9 Å². The van der Waals surface area contributed by atoms with Gasteiger partial charge in [-0.3, -0.25) is 14.4 Å². The van der Waals surface area contributed by atoms with Gasteiger partial charge in [-0.2, -0.15) is 0 Å². The van der Waals surface area contributed by atoms with Crippen LogP contribution in [-0.2, 0) is 26.2 Å². The average Bonchev–Trinajstić information content (AvgIpc) is 3.25. The lowest BCUT2D eigenvalue weighted by Crippen LogP contribution is -2.17. The highest BCUT2D eigenvalue weighted by Gasteiger charge is 2.19. The lowest BCUT2D eigenvalue weighted by Gasteiger charge is -2.14. The highest BCUT2D eigenvalue weighted by Crippen LogP contribution is 2.24. The van der Waals surface area contributed by atoms with Crippen molar-refractivity contribution in [1.29, 1.82) is 0 Å². The van der Waals surface area contributed by atoms with Gasteiger partial charge in [0, 0.05) is 24.1 Å². The molecule has 3 aromatic rings. The van der Waals surface area contributed by atoms with E-state index in [-0.39, 0.29) is 18.6 Å². The summed E-state index contributed by atoms with van der Waals surface area (Å²) in [6.45, 7) is 10.7. The fourth-order valence-electron chi connectivity index (χ4n) is 3.30. The maximum Gasteiger partial charge on any atom is 0.227 e. The number of nitrogens with one attached hydrogen (secondary N) is 1. The Balaban J connectivity index is 0.00000103. The highest BCUT2D eigenvalue weighted by atomic mass is 32.2. The van der Waals surface area contributed by atoms with Crippen molar-refractivity contribution in [3.8, 4) is 5.75 Å². The zero-order valence-electron chi connectivity index (χ0n) is 19.7. The summed E-state index contributed by atoms with van der Waals surface area (Å²) in [5.41, 5.74) is 3.52. The Bertz CT molecular complexity index is 978. The Morgan fingerprint density at radius 1 is 1.00 bits per heavy atom. The molecule has 5 nitrogen and oxygen atoms in total. The van der Waals surface area contributed by atoms with Crippen LogP contribution in [0.1, 0.15) is 57.6 Å². The number of hydrogen-bond donors (Lipinski definition) is 1. The Labute approximate surface area is 203 Å². The van der Waals surface area contributed by atoms with Gasteiger partial charge in [-0.1, -0.05) is 71.5 Å². The summed E-state index contributed by atoms with van der Waals surface area (Å²) in [7, 11) is 1.88. The summed E-state index contributed by atoms with van der Waals surface area (Å²) in [6, 6.07) is 17.9. The molecule has 0 aliphatic carbocycles. The molecule has 0 amide bonds. The standard InChI is InChI=1S/C22H22N2O3S.2C2H6.CH4/c1-23-28-20-8-6-16(7-9-20)14-27-22-15-26-19(10-21(22)25)13-24-11-17-4-2-3-5-18(17)12-24;2*1-2;/h2-10,15,23H,11-14H2,1H3;2*1-2H3;1H4. The van der Waals surface area contributed by atoms with E-state index in [4.69, 9.17) is 9.15 Å². The number of benzene rings is 2. The van der Waals surface area contributed by atoms with Crippen molar-refractivity contribution >= 4 is 11.9 Å². The number of fused-ring (bicyclic) bond motifs is 1. The van der Waals surface area contributed by atoms with E-state index in [0.29, 0.717) is 18.9 Å². The number of nitrogens with zero attached hydrogens (tertiary/aromatic N) is 1. The van der Waals surface area contributed by atoms with Gasteiger partial charge in [0.05, 0.1) is 6.54 Å². The molecule has 2 heterocycles. The van der Waals surface area contributed by atoms with Crippen LogP contribution in [0.4, 0.5) is 0 Å². The second-order valence-electron chi connectivity index (χ2n) is 6.73. The van der Waals surface area contributed by atoms with Crippen LogP contribution in [0, 0.1) is 0 Å². The molecule has 0 unspecified atom stereocenters. The van der Waals surface area contributed by atoms with E-state index >= 15 is 0 Å². The summed E-state index contributed by atoms with van der Waals surface area (Å²) in [4.78, 5) is 15.8. The molecular weight excluding hydrogens is 432 g/mol. The third-order valence-corrected chi connectivity index (χ3v) is 5.39. The third kappa shape index (κ3) is 8.39. The molecule has 2 aromatic carbocycles. The van der Waals surface area contributed by atoms with Gasteiger partial charge in [0.2, 0.25) is 11.2 Å². The Kier molecular flexibility index (Phi) is 13.2. The van der Waals surface area contributed by atoms with E-state index in [9.17, 15) is 4.79 Å². The largest absolute Gasteiger partial charge is 0.482 e. The number of rotatable bonds is 7. The van der Waals surface area contributed by atoms with E-state index < -0.39 is 0 Å². The van der Waals surface area contributed by atoms with Crippen molar-refractivity contribution in [2.24, 2.45) is 0 Å². The van der Waals surface area contributed by atoms with Crippen molar-refractivity contribution < 1.29 is 9.15 Å². The normalized spacial score (nSPS) is 11.8. The average molecular weight is 471 g/mol. The second kappa shape index (κ2) is 15.3. The monoisotopic (exact) mass is 470 g/mol. The Morgan fingerprint density at radius 2 is 1.61 bits per heavy atom. The minimum atomic E-state index is -0.152. The van der Waals surface area contributed by atoms with Crippen molar-refractivity contribution in [2.45, 2.75) is 66.3 Å². The van der Waals surface area contributed by atoms with Crippen LogP contribution < -0.4 is 14.9 Å². The molecule has 0 saturated carbocycles. The molecule has 0 bridgehead atoms. The smallest absolute Gasteiger partial charge is 0.227 e. The molecule has 4 rings (SSSR count). The van der Waals surface area contributed by atoms with Gasteiger partial charge in [0.1, 0.15) is 18.6 Å². The first-order valence-corrected chi connectivity index (χ1v) is 12.0. The number of hydrogen-bond acceptors (Lipinski definition) is 6. The molecule has 1 N–H and O–H groups in total. The minimum Gasteiger partial charge on any atom is -0.482 e. The lowest BCUT2D eigenvalue weighted by atomic mass is 10.1. The first-order chi connectivity index (χ1) is 15.7. The molecule has 1 aliphatic heterocycles. The van der Waals surface area contributed by atoms with Gasteiger partial charge in [-0.05, 0) is 47.8 Å². The van der Waals surface area contributed by atoms with Crippen molar-refractivity contribution in [3.63, 3.8) is 0 Å². The van der Waals surface area contributed by atoms with Gasteiger partial charge in [-0.25, -0.2) is 0 Å². The summed E-state index contributed by atoms with van der Waals surface area (Å²) < 4.78 is 14.4. The van der Waals surface area contributed by atoms with Gasteiger partial charge in [0.15, 0.2) is 0 Å².